The summed E-state index contributed by atoms with van der Waals surface area (Å²) in [6.45, 7) is 1.47. The molecule has 1 fully saturated rings. The number of hydrogen-bond acceptors (Lipinski definition) is 2. The van der Waals surface area contributed by atoms with E-state index in [4.69, 9.17) is 0 Å². The Hall–Kier alpha value is -1.84. The van der Waals surface area contributed by atoms with E-state index < -0.39 is 0 Å². The first-order valence-electron chi connectivity index (χ1n) is 7.31. The minimum absolute atomic E-state index is 0.0872. The number of amides is 2. The van der Waals surface area contributed by atoms with Crippen molar-refractivity contribution in [1.82, 2.24) is 0 Å². The van der Waals surface area contributed by atoms with E-state index in [-0.39, 0.29) is 11.8 Å². The van der Waals surface area contributed by atoms with E-state index >= 15 is 0 Å². The van der Waals surface area contributed by atoms with Crippen molar-refractivity contribution in [2.45, 2.75) is 45.4 Å². The Bertz CT molecular complexity index is 462. The Labute approximate surface area is 119 Å². The molecule has 0 unspecified atom stereocenters. The topological polar surface area (TPSA) is 58.2 Å². The van der Waals surface area contributed by atoms with Crippen LogP contribution in [-0.2, 0) is 9.59 Å². The number of nitrogens with one attached hydrogen (secondary N) is 2. The van der Waals surface area contributed by atoms with Crippen molar-refractivity contribution < 1.29 is 9.59 Å². The van der Waals surface area contributed by atoms with Crippen LogP contribution in [0.25, 0.3) is 0 Å². The van der Waals surface area contributed by atoms with Gasteiger partial charge in [0.25, 0.3) is 0 Å². The van der Waals surface area contributed by atoms with Crippen LogP contribution in [0.1, 0.15) is 45.4 Å². The van der Waals surface area contributed by atoms with Crippen LogP contribution in [-0.4, -0.2) is 11.8 Å². The Morgan fingerprint density at radius 3 is 2.10 bits per heavy atom. The van der Waals surface area contributed by atoms with Gasteiger partial charge in [0.1, 0.15) is 0 Å². The molecule has 0 saturated heterocycles. The van der Waals surface area contributed by atoms with Crippen molar-refractivity contribution in [2.24, 2.45) is 5.92 Å². The van der Waals surface area contributed by atoms with Crippen molar-refractivity contribution in [3.63, 3.8) is 0 Å². The molecule has 0 bridgehead atoms. The monoisotopic (exact) mass is 274 g/mol. The molecule has 4 nitrogen and oxygen atoms in total. The Kier molecular flexibility index (Phi) is 5.16. The van der Waals surface area contributed by atoms with Crippen LogP contribution in [0, 0.1) is 5.92 Å². The third-order valence-electron chi connectivity index (χ3n) is 3.69. The third-order valence-corrected chi connectivity index (χ3v) is 3.69. The molecule has 2 rings (SSSR count). The molecular formula is C16H22N2O2. The second kappa shape index (κ2) is 7.08. The van der Waals surface area contributed by atoms with Crippen molar-refractivity contribution in [1.29, 1.82) is 0 Å². The normalized spacial score (nSPS) is 15.7. The predicted molar refractivity (Wildman–Crippen MR) is 80.6 cm³/mol. The second-order valence-electron chi connectivity index (χ2n) is 5.51. The average Bonchev–Trinajstić information content (AvgIpc) is 2.41. The predicted octanol–water partition coefficient (Wildman–Crippen LogP) is 3.55. The molecule has 0 spiro atoms. The van der Waals surface area contributed by atoms with Gasteiger partial charge in [-0.3, -0.25) is 9.59 Å². The van der Waals surface area contributed by atoms with Gasteiger partial charge in [-0.25, -0.2) is 0 Å². The van der Waals surface area contributed by atoms with Gasteiger partial charge >= 0.3 is 0 Å². The third kappa shape index (κ3) is 4.68. The molecule has 0 aromatic heterocycles. The Morgan fingerprint density at radius 1 is 1.00 bits per heavy atom. The molecule has 108 valence electrons. The molecule has 4 heteroatoms. The first-order chi connectivity index (χ1) is 9.63. The van der Waals surface area contributed by atoms with Gasteiger partial charge in [0.15, 0.2) is 0 Å². The summed E-state index contributed by atoms with van der Waals surface area (Å²) in [4.78, 5) is 22.9. The van der Waals surface area contributed by atoms with Crippen LogP contribution in [0.5, 0.6) is 0 Å². The zero-order chi connectivity index (χ0) is 14.4. The summed E-state index contributed by atoms with van der Waals surface area (Å²) in [5, 5.41) is 5.62. The molecule has 0 aliphatic heterocycles. The fourth-order valence-electron chi connectivity index (χ4n) is 2.71. The quantitative estimate of drug-likeness (QED) is 0.882. The standard InChI is InChI=1S/C16H22N2O2/c1-12(19)17-14-7-9-15(10-8-14)18-16(20)11-13-5-3-2-4-6-13/h7-10,13H,2-6,11H2,1H3,(H,17,19)(H,18,20). The Balaban J connectivity index is 1.82. The van der Waals surface area contributed by atoms with Gasteiger partial charge in [-0.1, -0.05) is 19.3 Å². The summed E-state index contributed by atoms with van der Waals surface area (Å²) in [6.07, 6.45) is 6.78. The lowest BCUT2D eigenvalue weighted by atomic mass is 9.87. The SMILES string of the molecule is CC(=O)Nc1ccc(NC(=O)CC2CCCCC2)cc1. The molecule has 0 heterocycles. The van der Waals surface area contributed by atoms with Crippen molar-refractivity contribution in [2.75, 3.05) is 10.6 Å². The Morgan fingerprint density at radius 2 is 1.55 bits per heavy atom. The second-order valence-corrected chi connectivity index (χ2v) is 5.51. The smallest absolute Gasteiger partial charge is 0.224 e. The lowest BCUT2D eigenvalue weighted by molar-refractivity contribution is -0.117. The molecule has 1 saturated carbocycles. The van der Waals surface area contributed by atoms with Crippen LogP contribution in [0.3, 0.4) is 0 Å². The maximum atomic E-state index is 12.0. The van der Waals surface area contributed by atoms with Gasteiger partial charge in [-0.05, 0) is 43.0 Å². The highest BCUT2D eigenvalue weighted by Crippen LogP contribution is 2.26. The van der Waals surface area contributed by atoms with Crippen LogP contribution < -0.4 is 10.6 Å². The van der Waals surface area contributed by atoms with E-state index in [1.165, 1.54) is 39.0 Å². The fourth-order valence-corrected chi connectivity index (χ4v) is 2.71. The molecule has 2 N–H and O–H groups in total. The first kappa shape index (κ1) is 14.6. The minimum atomic E-state index is -0.0981. The highest BCUT2D eigenvalue weighted by molar-refractivity contribution is 5.92. The van der Waals surface area contributed by atoms with E-state index in [0.29, 0.717) is 12.3 Å². The van der Waals surface area contributed by atoms with Crippen molar-refractivity contribution >= 4 is 23.2 Å². The lowest BCUT2D eigenvalue weighted by Crippen LogP contribution is -2.18. The highest BCUT2D eigenvalue weighted by Gasteiger charge is 2.16. The van der Waals surface area contributed by atoms with Crippen LogP contribution in [0.15, 0.2) is 24.3 Å². The molecule has 20 heavy (non-hydrogen) atoms. The summed E-state index contributed by atoms with van der Waals surface area (Å²) in [5.74, 6) is 0.533. The molecule has 0 radical (unpaired) electrons. The number of hydrogen-bond donors (Lipinski definition) is 2. The van der Waals surface area contributed by atoms with Crippen LogP contribution >= 0.6 is 0 Å². The molecular weight excluding hydrogens is 252 g/mol. The summed E-state index contributed by atoms with van der Waals surface area (Å²) in [6, 6.07) is 7.20. The molecule has 0 atom stereocenters. The highest BCUT2D eigenvalue weighted by atomic mass is 16.2. The summed E-state index contributed by atoms with van der Waals surface area (Å²) in [5.41, 5.74) is 1.52. The maximum Gasteiger partial charge on any atom is 0.224 e. The zero-order valence-electron chi connectivity index (χ0n) is 11.9. The van der Waals surface area contributed by atoms with Gasteiger partial charge < -0.3 is 10.6 Å². The van der Waals surface area contributed by atoms with E-state index in [1.54, 1.807) is 12.1 Å². The average molecular weight is 274 g/mol. The number of rotatable bonds is 4. The maximum absolute atomic E-state index is 12.0. The molecule has 2 amide bonds. The minimum Gasteiger partial charge on any atom is -0.326 e. The fraction of sp³-hybridized carbons (Fsp3) is 0.500. The summed E-state index contributed by atoms with van der Waals surface area (Å²) in [7, 11) is 0. The van der Waals surface area contributed by atoms with E-state index in [1.807, 2.05) is 12.1 Å². The zero-order valence-corrected chi connectivity index (χ0v) is 11.9. The molecule has 1 aromatic carbocycles. The van der Waals surface area contributed by atoms with Gasteiger partial charge in [0.05, 0.1) is 0 Å². The number of benzene rings is 1. The van der Waals surface area contributed by atoms with Crippen molar-refractivity contribution in [3.05, 3.63) is 24.3 Å². The van der Waals surface area contributed by atoms with Gasteiger partial charge in [0, 0.05) is 24.7 Å². The van der Waals surface area contributed by atoms with Gasteiger partial charge in [-0.15, -0.1) is 0 Å². The number of carbonyl (C=O) groups excluding carboxylic acids is 2. The van der Waals surface area contributed by atoms with E-state index in [9.17, 15) is 9.59 Å². The first-order valence-corrected chi connectivity index (χ1v) is 7.31. The van der Waals surface area contributed by atoms with Gasteiger partial charge in [-0.2, -0.15) is 0 Å². The van der Waals surface area contributed by atoms with Crippen LogP contribution in [0.2, 0.25) is 0 Å². The van der Waals surface area contributed by atoms with E-state index in [0.717, 1.165) is 11.4 Å². The molecule has 1 aliphatic rings. The summed E-state index contributed by atoms with van der Waals surface area (Å²) >= 11 is 0. The largest absolute Gasteiger partial charge is 0.326 e. The van der Waals surface area contributed by atoms with Crippen LogP contribution in [0.4, 0.5) is 11.4 Å². The number of carbonyl (C=O) groups is 2. The molecule has 1 aliphatic carbocycles. The number of anilines is 2. The molecule has 1 aromatic rings. The lowest BCUT2D eigenvalue weighted by Gasteiger charge is -2.20. The summed E-state index contributed by atoms with van der Waals surface area (Å²) < 4.78 is 0. The van der Waals surface area contributed by atoms with E-state index in [2.05, 4.69) is 10.6 Å². The van der Waals surface area contributed by atoms with Gasteiger partial charge in [0.2, 0.25) is 11.8 Å². The van der Waals surface area contributed by atoms with Crippen molar-refractivity contribution in [3.8, 4) is 0 Å².